The Kier molecular flexibility index (Phi) is 5.42. The van der Waals surface area contributed by atoms with Crippen LogP contribution < -0.4 is 5.32 Å². The SMILES string of the molecule is O=C(COCC1CCCO1)Nc1nc(C(F)(F)F)c(Cl)s1. The number of amides is 1. The molecule has 2 heterocycles. The Balaban J connectivity index is 1.79. The maximum absolute atomic E-state index is 12.5. The molecule has 1 saturated heterocycles. The van der Waals surface area contributed by atoms with Crippen molar-refractivity contribution in [3.63, 3.8) is 0 Å². The smallest absolute Gasteiger partial charge is 0.376 e. The van der Waals surface area contributed by atoms with E-state index in [1.165, 1.54) is 0 Å². The summed E-state index contributed by atoms with van der Waals surface area (Å²) in [5.41, 5.74) is -1.20. The molecule has 0 aliphatic carbocycles. The van der Waals surface area contributed by atoms with E-state index in [4.69, 9.17) is 21.1 Å². The molecule has 0 saturated carbocycles. The predicted molar refractivity (Wildman–Crippen MR) is 70.5 cm³/mol. The fourth-order valence-corrected chi connectivity index (χ4v) is 2.84. The summed E-state index contributed by atoms with van der Waals surface area (Å²) < 4.78 is 47.4. The van der Waals surface area contributed by atoms with Gasteiger partial charge in [0.15, 0.2) is 10.8 Å². The van der Waals surface area contributed by atoms with Crippen LogP contribution >= 0.6 is 22.9 Å². The maximum Gasteiger partial charge on any atom is 0.435 e. The highest BCUT2D eigenvalue weighted by atomic mass is 35.5. The normalized spacial score (nSPS) is 19.0. The van der Waals surface area contributed by atoms with E-state index in [1.807, 2.05) is 0 Å². The first-order valence-corrected chi connectivity index (χ1v) is 7.28. The number of carbonyl (C=O) groups is 1. The molecular formula is C11H12ClF3N2O3S. The molecule has 21 heavy (non-hydrogen) atoms. The van der Waals surface area contributed by atoms with Gasteiger partial charge in [-0.05, 0) is 12.8 Å². The number of hydrogen-bond acceptors (Lipinski definition) is 5. The topological polar surface area (TPSA) is 60.5 Å². The Morgan fingerprint density at radius 1 is 1.57 bits per heavy atom. The molecular weight excluding hydrogens is 333 g/mol. The lowest BCUT2D eigenvalue weighted by atomic mass is 10.2. The van der Waals surface area contributed by atoms with Gasteiger partial charge < -0.3 is 9.47 Å². The average molecular weight is 345 g/mol. The second kappa shape index (κ2) is 6.91. The fraction of sp³-hybridized carbons (Fsp3) is 0.636. The van der Waals surface area contributed by atoms with Gasteiger partial charge in [0.25, 0.3) is 5.91 Å². The van der Waals surface area contributed by atoms with E-state index in [0.29, 0.717) is 17.9 Å². The van der Waals surface area contributed by atoms with E-state index in [-0.39, 0.29) is 24.4 Å². The third-order valence-electron chi connectivity index (χ3n) is 2.66. The summed E-state index contributed by atoms with van der Waals surface area (Å²) in [7, 11) is 0. The molecule has 118 valence electrons. The number of hydrogen-bond donors (Lipinski definition) is 1. The number of halogens is 4. The molecule has 1 unspecified atom stereocenters. The highest BCUT2D eigenvalue weighted by Crippen LogP contribution is 2.38. The largest absolute Gasteiger partial charge is 0.435 e. The molecule has 1 aliphatic heterocycles. The van der Waals surface area contributed by atoms with E-state index in [9.17, 15) is 18.0 Å². The van der Waals surface area contributed by atoms with E-state index in [2.05, 4.69) is 10.3 Å². The minimum absolute atomic E-state index is 0.0241. The second-order valence-corrected chi connectivity index (χ2v) is 5.94. The van der Waals surface area contributed by atoms with E-state index in [1.54, 1.807) is 0 Å². The first-order valence-electron chi connectivity index (χ1n) is 6.09. The minimum atomic E-state index is -4.65. The molecule has 1 atom stereocenters. The summed E-state index contributed by atoms with van der Waals surface area (Å²) in [5, 5.41) is 2.01. The number of ether oxygens (including phenoxy) is 2. The van der Waals surface area contributed by atoms with Gasteiger partial charge in [-0.3, -0.25) is 10.1 Å². The molecule has 0 aromatic carbocycles. The number of aromatic nitrogens is 1. The Hall–Kier alpha value is -0.900. The van der Waals surface area contributed by atoms with Crippen LogP contribution in [-0.2, 0) is 20.4 Å². The Morgan fingerprint density at radius 3 is 2.90 bits per heavy atom. The van der Waals surface area contributed by atoms with Crippen molar-refractivity contribution in [2.75, 3.05) is 25.1 Å². The average Bonchev–Trinajstić information content (AvgIpc) is 2.98. The summed E-state index contributed by atoms with van der Waals surface area (Å²) in [5.74, 6) is -0.591. The fourth-order valence-electron chi connectivity index (χ4n) is 1.74. The van der Waals surface area contributed by atoms with E-state index < -0.39 is 22.1 Å². The van der Waals surface area contributed by atoms with Crippen molar-refractivity contribution < 1.29 is 27.4 Å². The summed E-state index contributed by atoms with van der Waals surface area (Å²) in [6.07, 6.45) is -2.84. The Morgan fingerprint density at radius 2 is 2.33 bits per heavy atom. The molecule has 1 aromatic heterocycles. The minimum Gasteiger partial charge on any atom is -0.376 e. The zero-order valence-electron chi connectivity index (χ0n) is 10.7. The number of anilines is 1. The predicted octanol–water partition coefficient (Wildman–Crippen LogP) is 2.95. The first-order chi connectivity index (χ1) is 9.86. The van der Waals surface area contributed by atoms with E-state index >= 15 is 0 Å². The zero-order chi connectivity index (χ0) is 15.5. The monoisotopic (exact) mass is 344 g/mol. The number of nitrogens with zero attached hydrogens (tertiary/aromatic N) is 1. The Bertz CT molecular complexity index is 503. The lowest BCUT2D eigenvalue weighted by Crippen LogP contribution is -2.22. The van der Waals surface area contributed by atoms with Crippen molar-refractivity contribution in [2.24, 2.45) is 0 Å². The van der Waals surface area contributed by atoms with Crippen LogP contribution in [0.3, 0.4) is 0 Å². The van der Waals surface area contributed by atoms with Crippen LogP contribution in [0.5, 0.6) is 0 Å². The lowest BCUT2D eigenvalue weighted by Gasteiger charge is -2.09. The van der Waals surface area contributed by atoms with Crippen molar-refractivity contribution in [1.29, 1.82) is 0 Å². The third kappa shape index (κ3) is 4.80. The van der Waals surface area contributed by atoms with Crippen LogP contribution in [0.15, 0.2) is 0 Å². The summed E-state index contributed by atoms with van der Waals surface area (Å²) in [4.78, 5) is 14.8. The van der Waals surface area contributed by atoms with E-state index in [0.717, 1.165) is 12.8 Å². The second-order valence-electron chi connectivity index (χ2n) is 4.34. The number of rotatable bonds is 5. The highest BCUT2D eigenvalue weighted by molar-refractivity contribution is 7.19. The van der Waals surface area contributed by atoms with Gasteiger partial charge in [0.1, 0.15) is 10.9 Å². The number of thiazole rings is 1. The summed E-state index contributed by atoms with van der Waals surface area (Å²) >= 11 is 5.99. The molecule has 1 aliphatic rings. The molecule has 1 N–H and O–H groups in total. The van der Waals surface area contributed by atoms with Crippen LogP contribution in [-0.4, -0.2) is 36.8 Å². The molecule has 0 bridgehead atoms. The summed E-state index contributed by atoms with van der Waals surface area (Å²) in [6.45, 7) is 0.677. The van der Waals surface area contributed by atoms with Crippen molar-refractivity contribution in [1.82, 2.24) is 4.98 Å². The summed E-state index contributed by atoms with van der Waals surface area (Å²) in [6, 6.07) is 0. The first kappa shape index (κ1) is 16.5. The third-order valence-corrected chi connectivity index (χ3v) is 3.83. The highest BCUT2D eigenvalue weighted by Gasteiger charge is 2.37. The molecule has 0 spiro atoms. The molecule has 2 rings (SSSR count). The quantitative estimate of drug-likeness (QED) is 0.892. The standard InChI is InChI=1S/C11H12ClF3N2O3S/c12-9-8(11(13,14)15)17-10(21-9)16-7(18)5-19-4-6-2-1-3-20-6/h6H,1-5H2,(H,16,17,18). The van der Waals surface area contributed by atoms with Gasteiger partial charge >= 0.3 is 6.18 Å². The number of alkyl halides is 3. The zero-order valence-corrected chi connectivity index (χ0v) is 12.3. The molecule has 1 aromatic rings. The van der Waals surface area contributed by atoms with Crippen molar-refractivity contribution in [3.05, 3.63) is 10.0 Å². The van der Waals surface area contributed by atoms with Crippen molar-refractivity contribution >= 4 is 34.0 Å². The van der Waals surface area contributed by atoms with Crippen LogP contribution in [0.1, 0.15) is 18.5 Å². The van der Waals surface area contributed by atoms with Crippen molar-refractivity contribution in [3.8, 4) is 0 Å². The van der Waals surface area contributed by atoms with Gasteiger partial charge in [0.2, 0.25) is 0 Å². The van der Waals surface area contributed by atoms with Gasteiger partial charge in [0, 0.05) is 6.61 Å². The Labute approximate surface area is 127 Å². The van der Waals surface area contributed by atoms with Gasteiger partial charge in [-0.25, -0.2) is 4.98 Å². The van der Waals surface area contributed by atoms with Crippen LogP contribution in [0, 0.1) is 0 Å². The van der Waals surface area contributed by atoms with Gasteiger partial charge in [-0.1, -0.05) is 22.9 Å². The molecule has 5 nitrogen and oxygen atoms in total. The molecule has 10 heteroatoms. The van der Waals surface area contributed by atoms with Crippen LogP contribution in [0.4, 0.5) is 18.3 Å². The van der Waals surface area contributed by atoms with Gasteiger partial charge in [-0.2, -0.15) is 13.2 Å². The van der Waals surface area contributed by atoms with Crippen molar-refractivity contribution in [2.45, 2.75) is 25.1 Å². The number of carbonyl (C=O) groups excluding carboxylic acids is 1. The number of nitrogens with one attached hydrogen (secondary N) is 1. The van der Waals surface area contributed by atoms with Gasteiger partial charge in [-0.15, -0.1) is 0 Å². The molecule has 1 amide bonds. The van der Waals surface area contributed by atoms with Crippen LogP contribution in [0.2, 0.25) is 4.34 Å². The van der Waals surface area contributed by atoms with Crippen LogP contribution in [0.25, 0.3) is 0 Å². The lowest BCUT2D eigenvalue weighted by molar-refractivity contribution is -0.140. The molecule has 1 fully saturated rings. The van der Waals surface area contributed by atoms with Gasteiger partial charge in [0.05, 0.1) is 12.7 Å². The maximum atomic E-state index is 12.5. The molecule has 0 radical (unpaired) electrons.